The minimum atomic E-state index is -0.586. The van der Waals surface area contributed by atoms with Gasteiger partial charge in [0.25, 0.3) is 5.91 Å². The third kappa shape index (κ3) is 2.63. The number of anilines is 1. The summed E-state index contributed by atoms with van der Waals surface area (Å²) in [6.07, 6.45) is 0.520. The first kappa shape index (κ1) is 14.8. The molecule has 1 heterocycles. The molecule has 1 atom stereocenters. The molecule has 1 aliphatic rings. The summed E-state index contributed by atoms with van der Waals surface area (Å²) in [6, 6.07) is 1.95. The Hall–Kier alpha value is -1.63. The van der Waals surface area contributed by atoms with Crippen molar-refractivity contribution in [3.05, 3.63) is 28.0 Å². The molecule has 0 aromatic heterocycles. The number of piperazine rings is 1. The van der Waals surface area contributed by atoms with Gasteiger partial charge in [-0.1, -0.05) is 6.92 Å². The van der Waals surface area contributed by atoms with E-state index in [2.05, 4.69) is 21.2 Å². The fourth-order valence-electron chi connectivity index (χ4n) is 2.25. The van der Waals surface area contributed by atoms with Crippen molar-refractivity contribution in [1.29, 1.82) is 0 Å². The number of nitrogens with zero attached hydrogens (tertiary/aromatic N) is 1. The minimum absolute atomic E-state index is 0.0916. The molecule has 1 unspecified atom stereocenters. The normalized spacial score (nSPS) is 18.9. The predicted octanol–water partition coefficient (Wildman–Crippen LogP) is 1.52. The standard InChI is InChI=1S/C13H15BrFN3O2/c1-2-11-12(19)17-3-4-18(11)13(20)7-5-10(16)9(15)6-8(7)14/h5-6,11H,2-4,16H2,1H3,(H,17,19). The van der Waals surface area contributed by atoms with Crippen molar-refractivity contribution < 1.29 is 14.0 Å². The molecule has 0 bridgehead atoms. The van der Waals surface area contributed by atoms with Crippen LogP contribution in [0.5, 0.6) is 0 Å². The van der Waals surface area contributed by atoms with E-state index in [0.717, 1.165) is 6.07 Å². The van der Waals surface area contributed by atoms with Gasteiger partial charge >= 0.3 is 0 Å². The molecule has 3 N–H and O–H groups in total. The lowest BCUT2D eigenvalue weighted by atomic mass is 10.1. The topological polar surface area (TPSA) is 75.4 Å². The van der Waals surface area contributed by atoms with Crippen LogP contribution in [-0.4, -0.2) is 35.8 Å². The quantitative estimate of drug-likeness (QED) is 0.799. The van der Waals surface area contributed by atoms with Gasteiger partial charge in [0.15, 0.2) is 0 Å². The third-order valence-corrected chi connectivity index (χ3v) is 3.95. The van der Waals surface area contributed by atoms with Crippen molar-refractivity contribution in [3.8, 4) is 0 Å². The van der Waals surface area contributed by atoms with Gasteiger partial charge in [-0.3, -0.25) is 9.59 Å². The zero-order valence-corrected chi connectivity index (χ0v) is 12.5. The van der Waals surface area contributed by atoms with Crippen LogP contribution < -0.4 is 11.1 Å². The summed E-state index contributed by atoms with van der Waals surface area (Å²) < 4.78 is 13.7. The van der Waals surface area contributed by atoms with Crippen LogP contribution in [0.15, 0.2) is 16.6 Å². The lowest BCUT2D eigenvalue weighted by Crippen LogP contribution is -2.56. The van der Waals surface area contributed by atoms with Gasteiger partial charge in [-0.2, -0.15) is 0 Å². The second-order valence-corrected chi connectivity index (χ2v) is 5.42. The Morgan fingerprint density at radius 3 is 2.95 bits per heavy atom. The number of nitrogens with two attached hydrogens (primary N) is 1. The van der Waals surface area contributed by atoms with Crippen molar-refractivity contribution >= 4 is 33.4 Å². The van der Waals surface area contributed by atoms with E-state index >= 15 is 0 Å². The fourth-order valence-corrected chi connectivity index (χ4v) is 2.73. The molecule has 0 radical (unpaired) electrons. The Labute approximate surface area is 124 Å². The first-order valence-corrected chi connectivity index (χ1v) is 7.08. The molecular formula is C13H15BrFN3O2. The highest BCUT2D eigenvalue weighted by Gasteiger charge is 2.33. The monoisotopic (exact) mass is 343 g/mol. The van der Waals surface area contributed by atoms with E-state index in [0.29, 0.717) is 24.0 Å². The summed E-state index contributed by atoms with van der Waals surface area (Å²) in [5.74, 6) is -1.08. The molecule has 0 saturated carbocycles. The zero-order valence-electron chi connectivity index (χ0n) is 11.0. The average molecular weight is 344 g/mol. The SMILES string of the molecule is CCC1C(=O)NCCN1C(=O)c1cc(N)c(F)cc1Br. The molecule has 7 heteroatoms. The molecule has 2 rings (SSSR count). The first-order chi connectivity index (χ1) is 9.45. The van der Waals surface area contributed by atoms with Crippen LogP contribution in [0.1, 0.15) is 23.7 Å². The van der Waals surface area contributed by atoms with Crippen molar-refractivity contribution in [1.82, 2.24) is 10.2 Å². The smallest absolute Gasteiger partial charge is 0.255 e. The largest absolute Gasteiger partial charge is 0.396 e. The lowest BCUT2D eigenvalue weighted by molar-refractivity contribution is -0.127. The molecular weight excluding hydrogens is 329 g/mol. The van der Waals surface area contributed by atoms with E-state index in [1.54, 1.807) is 0 Å². The molecule has 20 heavy (non-hydrogen) atoms. The number of hydrogen-bond acceptors (Lipinski definition) is 3. The van der Waals surface area contributed by atoms with Crippen LogP contribution in [0, 0.1) is 5.82 Å². The molecule has 1 saturated heterocycles. The highest BCUT2D eigenvalue weighted by Crippen LogP contribution is 2.25. The number of amides is 2. The Morgan fingerprint density at radius 2 is 2.30 bits per heavy atom. The number of carbonyl (C=O) groups excluding carboxylic acids is 2. The molecule has 0 aliphatic carbocycles. The Kier molecular flexibility index (Phi) is 4.27. The summed E-state index contributed by atoms with van der Waals surface area (Å²) in [6.45, 7) is 2.67. The highest BCUT2D eigenvalue weighted by molar-refractivity contribution is 9.10. The van der Waals surface area contributed by atoms with E-state index in [9.17, 15) is 14.0 Å². The Balaban J connectivity index is 2.35. The lowest BCUT2D eigenvalue weighted by Gasteiger charge is -2.34. The van der Waals surface area contributed by atoms with Gasteiger partial charge in [-0.05, 0) is 34.5 Å². The molecule has 1 fully saturated rings. The van der Waals surface area contributed by atoms with E-state index in [1.807, 2.05) is 6.92 Å². The van der Waals surface area contributed by atoms with Gasteiger partial charge in [-0.25, -0.2) is 4.39 Å². The second kappa shape index (κ2) is 5.78. The predicted molar refractivity (Wildman–Crippen MR) is 76.6 cm³/mol. The van der Waals surface area contributed by atoms with E-state index in [4.69, 9.17) is 5.73 Å². The van der Waals surface area contributed by atoms with E-state index < -0.39 is 11.9 Å². The third-order valence-electron chi connectivity index (χ3n) is 3.30. The van der Waals surface area contributed by atoms with Gasteiger partial charge in [0.05, 0.1) is 11.3 Å². The number of rotatable bonds is 2. The molecule has 1 aliphatic heterocycles. The van der Waals surface area contributed by atoms with Crippen LogP contribution in [0.3, 0.4) is 0 Å². The first-order valence-electron chi connectivity index (χ1n) is 6.29. The highest BCUT2D eigenvalue weighted by atomic mass is 79.9. The summed E-state index contributed by atoms with van der Waals surface area (Å²) in [5.41, 5.74) is 5.68. The number of benzene rings is 1. The molecule has 1 aromatic carbocycles. The fraction of sp³-hybridized carbons (Fsp3) is 0.385. The van der Waals surface area contributed by atoms with Gasteiger partial charge in [0.1, 0.15) is 11.9 Å². The van der Waals surface area contributed by atoms with Crippen molar-refractivity contribution in [3.63, 3.8) is 0 Å². The van der Waals surface area contributed by atoms with Crippen LogP contribution in [0.2, 0.25) is 0 Å². The average Bonchev–Trinajstić information content (AvgIpc) is 2.41. The maximum Gasteiger partial charge on any atom is 0.255 e. The van der Waals surface area contributed by atoms with E-state index in [1.165, 1.54) is 11.0 Å². The zero-order chi connectivity index (χ0) is 14.9. The van der Waals surface area contributed by atoms with Gasteiger partial charge < -0.3 is 16.0 Å². The Morgan fingerprint density at radius 1 is 1.60 bits per heavy atom. The molecule has 0 spiro atoms. The summed E-state index contributed by atoms with van der Waals surface area (Å²) in [4.78, 5) is 25.8. The Bertz CT molecular complexity index is 565. The van der Waals surface area contributed by atoms with Crippen LogP contribution in [0.25, 0.3) is 0 Å². The summed E-state index contributed by atoms with van der Waals surface area (Å²) in [5, 5.41) is 2.73. The minimum Gasteiger partial charge on any atom is -0.396 e. The van der Waals surface area contributed by atoms with Crippen LogP contribution >= 0.6 is 15.9 Å². The van der Waals surface area contributed by atoms with Gasteiger partial charge in [-0.15, -0.1) is 0 Å². The second-order valence-electron chi connectivity index (χ2n) is 4.57. The molecule has 2 amide bonds. The van der Waals surface area contributed by atoms with Gasteiger partial charge in [0, 0.05) is 17.6 Å². The maximum absolute atomic E-state index is 13.3. The molecule has 1 aromatic rings. The molecule has 108 valence electrons. The number of halogens is 2. The number of carbonyl (C=O) groups is 2. The van der Waals surface area contributed by atoms with Crippen molar-refractivity contribution in [2.45, 2.75) is 19.4 Å². The summed E-state index contributed by atoms with van der Waals surface area (Å²) in [7, 11) is 0. The van der Waals surface area contributed by atoms with Crippen LogP contribution in [0.4, 0.5) is 10.1 Å². The van der Waals surface area contributed by atoms with E-state index in [-0.39, 0.29) is 23.1 Å². The summed E-state index contributed by atoms with van der Waals surface area (Å²) >= 11 is 3.16. The van der Waals surface area contributed by atoms with Gasteiger partial charge in [0.2, 0.25) is 5.91 Å². The van der Waals surface area contributed by atoms with Crippen LogP contribution in [-0.2, 0) is 4.79 Å². The molecule has 5 nitrogen and oxygen atoms in total. The van der Waals surface area contributed by atoms with Crippen molar-refractivity contribution in [2.75, 3.05) is 18.8 Å². The van der Waals surface area contributed by atoms with Crippen molar-refractivity contribution in [2.24, 2.45) is 0 Å². The number of nitrogens with one attached hydrogen (secondary N) is 1. The maximum atomic E-state index is 13.3. The number of nitrogen functional groups attached to an aromatic ring is 1. The number of hydrogen-bond donors (Lipinski definition) is 2.